The Bertz CT molecular complexity index is 731. The lowest BCUT2D eigenvalue weighted by Crippen LogP contribution is -2.30. The highest BCUT2D eigenvalue weighted by Gasteiger charge is 2.30. The molecular weight excluding hydrogens is 358 g/mol. The zero-order valence-electron chi connectivity index (χ0n) is 15.8. The van der Waals surface area contributed by atoms with Gasteiger partial charge in [-0.25, -0.2) is 0 Å². The number of thioether (sulfide) groups is 1. The smallest absolute Gasteiger partial charge is 0.230 e. The number of hydrogen-bond acceptors (Lipinski definition) is 5. The molecule has 1 amide bonds. The van der Waals surface area contributed by atoms with E-state index in [1.807, 2.05) is 54.6 Å². The van der Waals surface area contributed by atoms with E-state index in [0.717, 1.165) is 16.9 Å². The van der Waals surface area contributed by atoms with Gasteiger partial charge in [0, 0.05) is 23.9 Å². The van der Waals surface area contributed by atoms with Gasteiger partial charge in [0.15, 0.2) is 0 Å². The Morgan fingerprint density at radius 2 is 1.63 bits per heavy atom. The normalized spacial score (nSPS) is 21.8. The van der Waals surface area contributed by atoms with E-state index < -0.39 is 0 Å². The second-order valence-electron chi connectivity index (χ2n) is 6.79. The fourth-order valence-corrected chi connectivity index (χ4v) is 4.27. The average Bonchev–Trinajstić information content (AvgIpc) is 3.02. The van der Waals surface area contributed by atoms with Gasteiger partial charge in [-0.15, -0.1) is 11.8 Å². The monoisotopic (exact) mass is 385 g/mol. The largest absolute Gasteiger partial charge is 0.489 e. The number of hydrazine groups is 1. The summed E-state index contributed by atoms with van der Waals surface area (Å²) in [4.78, 5) is 12.3. The maximum absolute atomic E-state index is 12.3. The van der Waals surface area contributed by atoms with Crippen LogP contribution in [0.2, 0.25) is 0 Å². The number of para-hydroxylation sites is 1. The number of rotatable bonds is 8. The van der Waals surface area contributed by atoms with Gasteiger partial charge in [-0.1, -0.05) is 42.5 Å². The minimum absolute atomic E-state index is 0.0603. The summed E-state index contributed by atoms with van der Waals surface area (Å²) < 4.78 is 5.85. The van der Waals surface area contributed by atoms with Gasteiger partial charge in [-0.3, -0.25) is 15.6 Å². The Hall–Kier alpha value is -2.02. The summed E-state index contributed by atoms with van der Waals surface area (Å²) in [5.41, 5.74) is 8.60. The molecule has 1 fully saturated rings. The highest BCUT2D eigenvalue weighted by Crippen LogP contribution is 2.21. The van der Waals surface area contributed by atoms with Crippen molar-refractivity contribution in [3.05, 3.63) is 65.7 Å². The third kappa shape index (κ3) is 5.73. The number of nitrogens with one attached hydrogen (secondary N) is 3. The molecule has 0 aliphatic carbocycles. The van der Waals surface area contributed by atoms with Crippen LogP contribution in [0.4, 0.5) is 0 Å². The van der Waals surface area contributed by atoms with E-state index in [4.69, 9.17) is 4.74 Å². The minimum Gasteiger partial charge on any atom is -0.489 e. The van der Waals surface area contributed by atoms with Crippen LogP contribution in [0.5, 0.6) is 5.75 Å². The topological polar surface area (TPSA) is 62.4 Å². The van der Waals surface area contributed by atoms with Crippen LogP contribution in [0.1, 0.15) is 25.0 Å². The Balaban J connectivity index is 1.48. The first-order valence-corrected chi connectivity index (χ1v) is 10.3. The summed E-state index contributed by atoms with van der Waals surface area (Å²) in [5.74, 6) is 1.37. The van der Waals surface area contributed by atoms with Crippen LogP contribution in [0.15, 0.2) is 54.6 Å². The molecule has 2 aromatic carbocycles. The second kappa shape index (κ2) is 9.78. The van der Waals surface area contributed by atoms with E-state index in [1.54, 1.807) is 11.8 Å². The molecule has 5 nitrogen and oxygen atoms in total. The molecule has 0 aromatic heterocycles. The number of hydrogen-bond donors (Lipinski definition) is 3. The molecule has 6 heteroatoms. The molecule has 3 N–H and O–H groups in total. The van der Waals surface area contributed by atoms with Crippen LogP contribution in [0.3, 0.4) is 0 Å². The van der Waals surface area contributed by atoms with Crippen molar-refractivity contribution in [1.29, 1.82) is 0 Å². The van der Waals surface area contributed by atoms with Crippen molar-refractivity contribution in [2.24, 2.45) is 0 Å². The quantitative estimate of drug-likeness (QED) is 0.652. The lowest BCUT2D eigenvalue weighted by Gasteiger charge is -2.17. The molecule has 3 rings (SSSR count). The van der Waals surface area contributed by atoms with Crippen molar-refractivity contribution in [1.82, 2.24) is 16.2 Å². The number of amides is 1. The molecule has 2 atom stereocenters. The molecule has 144 valence electrons. The number of carbonyl (C=O) groups is 1. The summed E-state index contributed by atoms with van der Waals surface area (Å²) in [6.07, 6.45) is 0. The highest BCUT2D eigenvalue weighted by molar-refractivity contribution is 8.00. The van der Waals surface area contributed by atoms with E-state index in [9.17, 15) is 4.79 Å². The van der Waals surface area contributed by atoms with Crippen LogP contribution in [0.25, 0.3) is 0 Å². The lowest BCUT2D eigenvalue weighted by atomic mass is 10.1. The minimum atomic E-state index is 0.0603. The number of carbonyl (C=O) groups excluding carboxylic acids is 1. The fraction of sp³-hybridized carbons (Fsp3) is 0.381. The molecule has 1 heterocycles. The molecule has 2 aromatic rings. The van der Waals surface area contributed by atoms with Gasteiger partial charge in [0.25, 0.3) is 0 Å². The van der Waals surface area contributed by atoms with Gasteiger partial charge < -0.3 is 10.1 Å². The lowest BCUT2D eigenvalue weighted by molar-refractivity contribution is -0.118. The van der Waals surface area contributed by atoms with E-state index in [1.165, 1.54) is 0 Å². The first-order chi connectivity index (χ1) is 13.1. The van der Waals surface area contributed by atoms with Crippen molar-refractivity contribution >= 4 is 17.7 Å². The van der Waals surface area contributed by atoms with E-state index in [2.05, 4.69) is 30.0 Å². The summed E-state index contributed by atoms with van der Waals surface area (Å²) in [5, 5.41) is 3.43. The Morgan fingerprint density at radius 1 is 1.00 bits per heavy atom. The van der Waals surface area contributed by atoms with Gasteiger partial charge in [0.2, 0.25) is 5.91 Å². The van der Waals surface area contributed by atoms with Gasteiger partial charge in [-0.05, 0) is 37.1 Å². The van der Waals surface area contributed by atoms with Crippen molar-refractivity contribution in [2.45, 2.75) is 44.3 Å². The molecule has 1 aliphatic heterocycles. The van der Waals surface area contributed by atoms with Crippen molar-refractivity contribution in [3.63, 3.8) is 0 Å². The highest BCUT2D eigenvalue weighted by atomic mass is 32.2. The molecule has 27 heavy (non-hydrogen) atoms. The summed E-state index contributed by atoms with van der Waals surface area (Å²) in [6, 6.07) is 18.5. The predicted molar refractivity (Wildman–Crippen MR) is 111 cm³/mol. The SMILES string of the molecule is CC1NNC(C)C1SCC(=O)NCc1ccccc1COc1ccccc1. The average molecular weight is 386 g/mol. The van der Waals surface area contributed by atoms with Gasteiger partial charge in [0.05, 0.1) is 5.75 Å². The first-order valence-electron chi connectivity index (χ1n) is 9.27. The Kier molecular flexibility index (Phi) is 7.15. The first kappa shape index (κ1) is 19.7. The van der Waals surface area contributed by atoms with Crippen LogP contribution >= 0.6 is 11.8 Å². The maximum atomic E-state index is 12.3. The number of benzene rings is 2. The summed E-state index contributed by atoms with van der Waals surface area (Å²) >= 11 is 1.69. The second-order valence-corrected chi connectivity index (χ2v) is 7.96. The molecular formula is C21H27N3O2S. The standard InChI is InChI=1S/C21H27N3O2S/c1-15-21(16(2)24-23-15)27-14-20(25)22-12-17-8-6-7-9-18(17)13-26-19-10-4-3-5-11-19/h3-11,15-16,21,23-24H,12-14H2,1-2H3,(H,22,25). The third-order valence-electron chi connectivity index (χ3n) is 4.66. The molecule has 0 saturated carbocycles. The van der Waals surface area contributed by atoms with Crippen LogP contribution in [-0.4, -0.2) is 29.0 Å². The zero-order chi connectivity index (χ0) is 19.1. The van der Waals surface area contributed by atoms with Gasteiger partial charge in [0.1, 0.15) is 12.4 Å². The summed E-state index contributed by atoms with van der Waals surface area (Å²) in [6.45, 7) is 5.27. The third-order valence-corrected chi connectivity index (χ3v) is 6.29. The van der Waals surface area contributed by atoms with E-state index >= 15 is 0 Å². The number of ether oxygens (including phenoxy) is 1. The Labute approximate surface area is 165 Å². The molecule has 1 aliphatic rings. The molecule has 0 spiro atoms. The maximum Gasteiger partial charge on any atom is 0.230 e. The molecule has 2 unspecified atom stereocenters. The van der Waals surface area contributed by atoms with Crippen LogP contribution < -0.4 is 20.9 Å². The molecule has 0 radical (unpaired) electrons. The van der Waals surface area contributed by atoms with Crippen LogP contribution in [0, 0.1) is 0 Å². The fourth-order valence-electron chi connectivity index (χ4n) is 3.11. The van der Waals surface area contributed by atoms with E-state index in [-0.39, 0.29) is 5.91 Å². The molecule has 0 bridgehead atoms. The van der Waals surface area contributed by atoms with Crippen molar-refractivity contribution in [2.75, 3.05) is 5.75 Å². The van der Waals surface area contributed by atoms with Gasteiger partial charge >= 0.3 is 0 Å². The van der Waals surface area contributed by atoms with Crippen molar-refractivity contribution < 1.29 is 9.53 Å². The van der Waals surface area contributed by atoms with Crippen LogP contribution in [-0.2, 0) is 17.9 Å². The molecule has 1 saturated heterocycles. The van der Waals surface area contributed by atoms with Crippen molar-refractivity contribution in [3.8, 4) is 5.75 Å². The zero-order valence-corrected chi connectivity index (χ0v) is 16.6. The van der Waals surface area contributed by atoms with E-state index in [0.29, 0.717) is 36.2 Å². The Morgan fingerprint density at radius 3 is 2.33 bits per heavy atom. The summed E-state index contributed by atoms with van der Waals surface area (Å²) in [7, 11) is 0. The van der Waals surface area contributed by atoms with Gasteiger partial charge in [-0.2, -0.15) is 0 Å². The predicted octanol–water partition coefficient (Wildman–Crippen LogP) is 2.87.